The van der Waals surface area contributed by atoms with Crippen LogP contribution in [-0.4, -0.2) is 34.4 Å². The average molecular weight is 214 g/mol. The second-order valence-electron chi connectivity index (χ2n) is 2.97. The molecule has 0 radical (unpaired) electrons. The molecule has 0 aromatic carbocycles. The lowest BCUT2D eigenvalue weighted by Gasteiger charge is -2.13. The van der Waals surface area contributed by atoms with Crippen LogP contribution < -0.4 is 0 Å². The first-order valence-corrected chi connectivity index (χ1v) is 4.38. The zero-order valence-electron chi connectivity index (χ0n) is 8.42. The molecule has 0 saturated carbocycles. The normalized spacial score (nSPS) is 14.5. The summed E-state index contributed by atoms with van der Waals surface area (Å²) in [5.41, 5.74) is 0. The Kier molecular flexibility index (Phi) is 6.05. The van der Waals surface area contributed by atoms with E-state index in [1.165, 1.54) is 6.08 Å². The number of hydrogen-bond donors (Lipinski definition) is 2. The minimum Gasteiger partial charge on any atom is -0.478 e. The van der Waals surface area contributed by atoms with Crippen molar-refractivity contribution in [2.24, 2.45) is 0 Å². The van der Waals surface area contributed by atoms with Crippen LogP contribution in [0.3, 0.4) is 0 Å². The standard InChI is InChI=1S/C10H14O5/c1-3-8(6-7(2)11)15-10(14)5-4-9(12)13/h3-5,7-8,11H,1,6H2,2H3,(H,12,13). The van der Waals surface area contributed by atoms with Gasteiger partial charge in [-0.2, -0.15) is 0 Å². The van der Waals surface area contributed by atoms with Gasteiger partial charge in [-0.1, -0.05) is 12.7 Å². The summed E-state index contributed by atoms with van der Waals surface area (Å²) in [5, 5.41) is 17.3. The van der Waals surface area contributed by atoms with Crippen LogP contribution in [0.1, 0.15) is 13.3 Å². The van der Waals surface area contributed by atoms with Gasteiger partial charge in [0.05, 0.1) is 6.10 Å². The molecule has 5 nitrogen and oxygen atoms in total. The molecule has 0 fully saturated rings. The van der Waals surface area contributed by atoms with E-state index in [4.69, 9.17) is 14.9 Å². The molecule has 5 heteroatoms. The van der Waals surface area contributed by atoms with Crippen molar-refractivity contribution in [1.29, 1.82) is 0 Å². The third-order valence-corrected chi connectivity index (χ3v) is 1.47. The Hall–Kier alpha value is -1.62. The van der Waals surface area contributed by atoms with Crippen LogP contribution in [0.4, 0.5) is 0 Å². The van der Waals surface area contributed by atoms with E-state index in [9.17, 15) is 9.59 Å². The highest BCUT2D eigenvalue weighted by Gasteiger charge is 2.11. The summed E-state index contributed by atoms with van der Waals surface area (Å²) in [4.78, 5) is 21.1. The Morgan fingerprint density at radius 1 is 1.47 bits per heavy atom. The van der Waals surface area contributed by atoms with Gasteiger partial charge in [-0.05, 0) is 6.92 Å². The zero-order valence-corrected chi connectivity index (χ0v) is 8.42. The topological polar surface area (TPSA) is 83.8 Å². The molecule has 84 valence electrons. The number of aliphatic hydroxyl groups is 1. The number of rotatable bonds is 6. The first kappa shape index (κ1) is 13.4. The lowest BCUT2D eigenvalue weighted by Crippen LogP contribution is -2.19. The van der Waals surface area contributed by atoms with Crippen LogP contribution in [0, 0.1) is 0 Å². The van der Waals surface area contributed by atoms with Gasteiger partial charge >= 0.3 is 11.9 Å². The average Bonchev–Trinajstić information content (AvgIpc) is 2.13. The molecule has 2 N–H and O–H groups in total. The smallest absolute Gasteiger partial charge is 0.331 e. The van der Waals surface area contributed by atoms with E-state index in [2.05, 4.69) is 6.58 Å². The number of carbonyl (C=O) groups excluding carboxylic acids is 1. The number of ether oxygens (including phenoxy) is 1. The van der Waals surface area contributed by atoms with Crippen molar-refractivity contribution in [3.8, 4) is 0 Å². The number of aliphatic hydroxyl groups excluding tert-OH is 1. The maximum atomic E-state index is 11.0. The number of carbonyl (C=O) groups is 2. The van der Waals surface area contributed by atoms with E-state index in [1.807, 2.05) is 0 Å². The van der Waals surface area contributed by atoms with Gasteiger partial charge in [-0.15, -0.1) is 0 Å². The predicted molar refractivity (Wildman–Crippen MR) is 53.2 cm³/mol. The van der Waals surface area contributed by atoms with Gasteiger partial charge in [0.1, 0.15) is 6.10 Å². The van der Waals surface area contributed by atoms with Gasteiger partial charge in [0.15, 0.2) is 0 Å². The summed E-state index contributed by atoms with van der Waals surface area (Å²) in [5.74, 6) is -2.00. The van der Waals surface area contributed by atoms with Crippen LogP contribution in [0.25, 0.3) is 0 Å². The lowest BCUT2D eigenvalue weighted by molar-refractivity contribution is -0.142. The summed E-state index contributed by atoms with van der Waals surface area (Å²) in [6.07, 6.45) is 1.86. The molecule has 0 aliphatic carbocycles. The summed E-state index contributed by atoms with van der Waals surface area (Å²) in [7, 11) is 0. The van der Waals surface area contributed by atoms with Gasteiger partial charge < -0.3 is 14.9 Å². The third-order valence-electron chi connectivity index (χ3n) is 1.47. The van der Waals surface area contributed by atoms with Crippen LogP contribution in [0.5, 0.6) is 0 Å². The Labute approximate surface area is 87.7 Å². The SMILES string of the molecule is C=CC(CC(C)O)OC(=O)C=CC(=O)O. The van der Waals surface area contributed by atoms with Crippen molar-refractivity contribution in [3.63, 3.8) is 0 Å². The first-order valence-electron chi connectivity index (χ1n) is 4.38. The molecule has 0 heterocycles. The molecule has 0 aromatic heterocycles. The minimum absolute atomic E-state index is 0.232. The maximum Gasteiger partial charge on any atom is 0.331 e. The molecule has 0 aliphatic heterocycles. The number of esters is 1. The highest BCUT2D eigenvalue weighted by atomic mass is 16.5. The molecule has 0 amide bonds. The van der Waals surface area contributed by atoms with E-state index < -0.39 is 24.1 Å². The summed E-state index contributed by atoms with van der Waals surface area (Å²) in [6, 6.07) is 0. The molecule has 2 atom stereocenters. The fourth-order valence-electron chi connectivity index (χ4n) is 0.856. The van der Waals surface area contributed by atoms with E-state index in [0.717, 1.165) is 6.08 Å². The fourth-order valence-corrected chi connectivity index (χ4v) is 0.856. The summed E-state index contributed by atoms with van der Waals surface area (Å²) >= 11 is 0. The highest BCUT2D eigenvalue weighted by Crippen LogP contribution is 2.04. The molecular weight excluding hydrogens is 200 g/mol. The van der Waals surface area contributed by atoms with E-state index in [0.29, 0.717) is 6.08 Å². The number of carboxylic acid groups (broad SMARTS) is 1. The highest BCUT2D eigenvalue weighted by molar-refractivity contribution is 5.90. The van der Waals surface area contributed by atoms with E-state index in [-0.39, 0.29) is 6.42 Å². The second-order valence-corrected chi connectivity index (χ2v) is 2.97. The minimum atomic E-state index is -1.22. The fraction of sp³-hybridized carbons (Fsp3) is 0.400. The Bertz CT molecular complexity index is 267. The third kappa shape index (κ3) is 7.45. The first-order chi connectivity index (χ1) is 6.95. The monoisotopic (exact) mass is 214 g/mol. The largest absolute Gasteiger partial charge is 0.478 e. The van der Waals surface area contributed by atoms with Crippen molar-refractivity contribution in [2.45, 2.75) is 25.6 Å². The molecule has 0 spiro atoms. The lowest BCUT2D eigenvalue weighted by atomic mass is 10.2. The molecule has 2 unspecified atom stereocenters. The Morgan fingerprint density at radius 2 is 2.07 bits per heavy atom. The zero-order chi connectivity index (χ0) is 11.8. The molecule has 15 heavy (non-hydrogen) atoms. The Morgan fingerprint density at radius 3 is 2.47 bits per heavy atom. The maximum absolute atomic E-state index is 11.0. The second kappa shape index (κ2) is 6.78. The van der Waals surface area contributed by atoms with Gasteiger partial charge in [-0.25, -0.2) is 9.59 Å². The van der Waals surface area contributed by atoms with Gasteiger partial charge in [-0.3, -0.25) is 0 Å². The Balaban J connectivity index is 4.12. The van der Waals surface area contributed by atoms with E-state index >= 15 is 0 Å². The summed E-state index contributed by atoms with van der Waals surface area (Å²) < 4.78 is 4.79. The molecule has 0 aromatic rings. The number of hydrogen-bond acceptors (Lipinski definition) is 4. The molecule has 0 saturated heterocycles. The molecule has 0 aliphatic rings. The van der Waals surface area contributed by atoms with Crippen LogP contribution in [0.15, 0.2) is 24.8 Å². The van der Waals surface area contributed by atoms with Crippen LogP contribution >= 0.6 is 0 Å². The van der Waals surface area contributed by atoms with Crippen molar-refractivity contribution in [1.82, 2.24) is 0 Å². The van der Waals surface area contributed by atoms with Crippen molar-refractivity contribution < 1.29 is 24.5 Å². The quantitative estimate of drug-likeness (QED) is 0.382. The predicted octanol–water partition coefficient (Wildman–Crippen LogP) is 0.496. The number of carboxylic acids is 1. The van der Waals surface area contributed by atoms with Crippen LogP contribution in [-0.2, 0) is 14.3 Å². The van der Waals surface area contributed by atoms with Crippen molar-refractivity contribution >= 4 is 11.9 Å². The van der Waals surface area contributed by atoms with Gasteiger partial charge in [0, 0.05) is 18.6 Å². The number of aliphatic carboxylic acids is 1. The van der Waals surface area contributed by atoms with Crippen LogP contribution in [0.2, 0.25) is 0 Å². The van der Waals surface area contributed by atoms with Crippen molar-refractivity contribution in [2.75, 3.05) is 0 Å². The molecule has 0 rings (SSSR count). The van der Waals surface area contributed by atoms with Gasteiger partial charge in [0.25, 0.3) is 0 Å². The van der Waals surface area contributed by atoms with Gasteiger partial charge in [0.2, 0.25) is 0 Å². The molecule has 0 bridgehead atoms. The summed E-state index contributed by atoms with van der Waals surface area (Å²) in [6.45, 7) is 4.99. The van der Waals surface area contributed by atoms with E-state index in [1.54, 1.807) is 6.92 Å². The molecular formula is C10H14O5. The van der Waals surface area contributed by atoms with Crippen molar-refractivity contribution in [3.05, 3.63) is 24.8 Å².